The van der Waals surface area contributed by atoms with E-state index in [0.29, 0.717) is 29.9 Å². The molecule has 2 saturated heterocycles. The van der Waals surface area contributed by atoms with Crippen molar-refractivity contribution in [2.75, 3.05) is 44.6 Å². The predicted molar refractivity (Wildman–Crippen MR) is 144 cm³/mol. The molecule has 2 aromatic carbocycles. The maximum absolute atomic E-state index is 14.9. The highest BCUT2D eigenvalue weighted by Gasteiger charge is 2.36. The molecule has 8 nitrogen and oxygen atoms in total. The average Bonchev–Trinajstić information content (AvgIpc) is 3.27. The highest BCUT2D eigenvalue weighted by molar-refractivity contribution is 6.30. The minimum absolute atomic E-state index is 0.101. The van der Waals surface area contributed by atoms with Gasteiger partial charge in [0.2, 0.25) is 5.91 Å². The highest BCUT2D eigenvalue weighted by atomic mass is 35.5. The lowest BCUT2D eigenvalue weighted by atomic mass is 9.93. The van der Waals surface area contributed by atoms with Crippen LogP contribution >= 0.6 is 11.6 Å². The van der Waals surface area contributed by atoms with Gasteiger partial charge in [-0.15, -0.1) is 0 Å². The molecule has 38 heavy (non-hydrogen) atoms. The highest BCUT2D eigenvalue weighted by Crippen LogP contribution is 2.31. The van der Waals surface area contributed by atoms with Gasteiger partial charge in [-0.05, 0) is 66.6 Å². The summed E-state index contributed by atoms with van der Waals surface area (Å²) in [6.45, 7) is 5.69. The smallest absolute Gasteiger partial charge is 0.270 e. The Bertz CT molecular complexity index is 1510. The molecule has 6 rings (SSSR count). The lowest BCUT2D eigenvalue weighted by molar-refractivity contribution is -0.131. The quantitative estimate of drug-likeness (QED) is 0.532. The summed E-state index contributed by atoms with van der Waals surface area (Å²) in [6.07, 6.45) is 1.62. The molecular weight excluding hydrogens is 509 g/mol. The van der Waals surface area contributed by atoms with Crippen molar-refractivity contribution in [3.05, 3.63) is 74.4 Å². The zero-order valence-corrected chi connectivity index (χ0v) is 21.9. The Morgan fingerprint density at radius 3 is 2.79 bits per heavy atom. The number of rotatable bonds is 4. The summed E-state index contributed by atoms with van der Waals surface area (Å²) >= 11 is 6.12. The number of carbonyl (C=O) groups excluding carboxylic acids is 2. The summed E-state index contributed by atoms with van der Waals surface area (Å²) in [6, 6.07) is 9.97. The van der Waals surface area contributed by atoms with Gasteiger partial charge >= 0.3 is 0 Å². The molecule has 4 heterocycles. The van der Waals surface area contributed by atoms with E-state index in [2.05, 4.69) is 15.2 Å². The molecule has 3 atom stereocenters. The van der Waals surface area contributed by atoms with Gasteiger partial charge in [0.15, 0.2) is 0 Å². The second-order valence-corrected chi connectivity index (χ2v) is 10.8. The van der Waals surface area contributed by atoms with E-state index in [1.54, 1.807) is 11.0 Å². The van der Waals surface area contributed by atoms with E-state index in [9.17, 15) is 18.8 Å². The Balaban J connectivity index is 1.20. The number of hydrogen-bond donors (Lipinski definition) is 2. The molecule has 2 bridgehead atoms. The van der Waals surface area contributed by atoms with Crippen molar-refractivity contribution >= 4 is 39.9 Å². The van der Waals surface area contributed by atoms with Gasteiger partial charge in [0, 0.05) is 43.8 Å². The second kappa shape index (κ2) is 9.71. The van der Waals surface area contributed by atoms with Crippen LogP contribution in [-0.4, -0.2) is 76.8 Å². The number of anilines is 1. The number of pyridine rings is 1. The van der Waals surface area contributed by atoms with Gasteiger partial charge in [-0.25, -0.2) is 4.39 Å². The first-order valence-corrected chi connectivity index (χ1v) is 13.4. The van der Waals surface area contributed by atoms with Crippen LogP contribution < -0.4 is 10.9 Å². The van der Waals surface area contributed by atoms with Crippen LogP contribution in [0.5, 0.6) is 0 Å². The van der Waals surface area contributed by atoms with Gasteiger partial charge in [0.1, 0.15) is 11.5 Å². The summed E-state index contributed by atoms with van der Waals surface area (Å²) in [4.78, 5) is 47.7. The number of halogens is 2. The predicted octanol–water partition coefficient (Wildman–Crippen LogP) is 3.41. The van der Waals surface area contributed by atoms with Crippen LogP contribution in [0.1, 0.15) is 41.0 Å². The zero-order chi connectivity index (χ0) is 26.6. The molecule has 1 unspecified atom stereocenters. The van der Waals surface area contributed by atoms with Gasteiger partial charge in [0.05, 0.1) is 23.7 Å². The minimum atomic E-state index is -0.636. The summed E-state index contributed by atoms with van der Waals surface area (Å²) in [7, 11) is 0. The molecule has 0 aliphatic carbocycles. The lowest BCUT2D eigenvalue weighted by Gasteiger charge is -2.35. The first-order valence-electron chi connectivity index (χ1n) is 13.0. The molecule has 2 fully saturated rings. The number of nitrogens with one attached hydrogen (secondary N) is 2. The van der Waals surface area contributed by atoms with Crippen molar-refractivity contribution in [1.82, 2.24) is 19.7 Å². The van der Waals surface area contributed by atoms with Gasteiger partial charge in [-0.3, -0.25) is 19.3 Å². The SMILES string of the molecule is C[C@H]1c2ccc(Cl)cc2CCN1C(=O)CNc1cc2cc(C(=O)N3CCN4CC[C@@H]3C4)[nH]c(=O)c2cc1F. The summed E-state index contributed by atoms with van der Waals surface area (Å²) in [5.74, 6) is -1.01. The van der Waals surface area contributed by atoms with Crippen molar-refractivity contribution in [2.45, 2.75) is 31.8 Å². The third-order valence-corrected chi connectivity index (χ3v) is 8.40. The van der Waals surface area contributed by atoms with Crippen molar-refractivity contribution in [3.8, 4) is 0 Å². The molecule has 1 aromatic heterocycles. The second-order valence-electron chi connectivity index (χ2n) is 10.4. The topological polar surface area (TPSA) is 88.8 Å². The Kier molecular flexibility index (Phi) is 6.36. The van der Waals surface area contributed by atoms with Gasteiger partial charge < -0.3 is 20.1 Å². The average molecular weight is 538 g/mol. The third kappa shape index (κ3) is 4.43. The molecule has 10 heteroatoms. The van der Waals surface area contributed by atoms with Crippen LogP contribution in [0.3, 0.4) is 0 Å². The largest absolute Gasteiger partial charge is 0.374 e. The Hall–Kier alpha value is -3.43. The summed E-state index contributed by atoms with van der Waals surface area (Å²) in [5, 5.41) is 4.18. The zero-order valence-electron chi connectivity index (χ0n) is 21.1. The first kappa shape index (κ1) is 24.9. The van der Waals surface area contributed by atoms with E-state index >= 15 is 0 Å². The van der Waals surface area contributed by atoms with Crippen LogP contribution in [0.4, 0.5) is 10.1 Å². The molecule has 2 N–H and O–H groups in total. The van der Waals surface area contributed by atoms with Gasteiger partial charge in [0.25, 0.3) is 11.5 Å². The number of aromatic nitrogens is 1. The van der Waals surface area contributed by atoms with Crippen molar-refractivity contribution in [3.63, 3.8) is 0 Å². The fourth-order valence-electron chi connectivity index (χ4n) is 6.08. The van der Waals surface area contributed by atoms with Crippen molar-refractivity contribution < 1.29 is 14.0 Å². The van der Waals surface area contributed by atoms with Gasteiger partial charge in [-0.2, -0.15) is 0 Å². The monoisotopic (exact) mass is 537 g/mol. The van der Waals surface area contributed by atoms with E-state index in [4.69, 9.17) is 11.6 Å². The van der Waals surface area contributed by atoms with E-state index in [-0.39, 0.29) is 47.2 Å². The number of aromatic amines is 1. The van der Waals surface area contributed by atoms with Crippen LogP contribution in [0, 0.1) is 5.82 Å². The van der Waals surface area contributed by atoms with Crippen molar-refractivity contribution in [1.29, 1.82) is 0 Å². The fraction of sp³-hybridized carbons (Fsp3) is 0.393. The van der Waals surface area contributed by atoms with Crippen LogP contribution in [0.25, 0.3) is 10.8 Å². The Labute approximate surface area is 224 Å². The number of carbonyl (C=O) groups is 2. The number of fused-ring (bicyclic) bond motifs is 4. The van der Waals surface area contributed by atoms with E-state index in [1.165, 1.54) is 6.07 Å². The number of benzene rings is 2. The number of amides is 2. The summed E-state index contributed by atoms with van der Waals surface area (Å²) in [5.41, 5.74) is 1.97. The first-order chi connectivity index (χ1) is 18.3. The van der Waals surface area contributed by atoms with E-state index < -0.39 is 11.4 Å². The Morgan fingerprint density at radius 1 is 1.11 bits per heavy atom. The standard InChI is InChI=1S/C28H29ClFN5O3/c1-16-21-3-2-19(29)10-17(21)4-7-34(16)26(36)14-31-24-11-18-12-25(32-27(37)22(18)13-23(24)30)28(38)35-9-8-33-6-5-20(35)15-33/h2-3,10-13,16,20,31H,4-9,14-15H2,1H3,(H,32,37)/t16-,20+/m0/s1. The molecule has 2 amide bonds. The summed E-state index contributed by atoms with van der Waals surface area (Å²) < 4.78 is 14.9. The molecule has 3 aliphatic rings. The number of piperazine rings is 1. The molecule has 0 spiro atoms. The van der Waals surface area contributed by atoms with Gasteiger partial charge in [-0.1, -0.05) is 17.7 Å². The number of H-pyrrole nitrogens is 1. The van der Waals surface area contributed by atoms with E-state index in [0.717, 1.165) is 43.2 Å². The maximum Gasteiger partial charge on any atom is 0.270 e. The maximum atomic E-state index is 14.9. The number of hydrogen-bond acceptors (Lipinski definition) is 5. The van der Waals surface area contributed by atoms with Crippen LogP contribution in [0.15, 0.2) is 41.2 Å². The van der Waals surface area contributed by atoms with Crippen LogP contribution in [-0.2, 0) is 11.2 Å². The fourth-order valence-corrected chi connectivity index (χ4v) is 6.27. The molecule has 3 aliphatic heterocycles. The normalized spacial score (nSPS) is 22.4. The van der Waals surface area contributed by atoms with Crippen molar-refractivity contribution in [2.24, 2.45) is 0 Å². The Morgan fingerprint density at radius 2 is 1.95 bits per heavy atom. The molecule has 0 saturated carbocycles. The lowest BCUT2D eigenvalue weighted by Crippen LogP contribution is -2.49. The number of nitrogens with zero attached hydrogens (tertiary/aromatic N) is 3. The minimum Gasteiger partial charge on any atom is -0.374 e. The molecule has 3 aromatic rings. The molecule has 0 radical (unpaired) electrons. The van der Waals surface area contributed by atoms with E-state index in [1.807, 2.05) is 30.0 Å². The van der Waals surface area contributed by atoms with Crippen LogP contribution in [0.2, 0.25) is 5.02 Å². The molecular formula is C28H29ClFN5O3. The third-order valence-electron chi connectivity index (χ3n) is 8.16. The molecule has 198 valence electrons.